The number of fused-ring (bicyclic) bond motifs is 1. The lowest BCUT2D eigenvalue weighted by molar-refractivity contribution is -0.111. The third-order valence-electron chi connectivity index (χ3n) is 3.82. The number of ether oxygens (including phenoxy) is 1. The molecule has 0 fully saturated rings. The van der Waals surface area contributed by atoms with Gasteiger partial charge < -0.3 is 20.3 Å². The summed E-state index contributed by atoms with van der Waals surface area (Å²) in [6, 6.07) is -2.66. The number of benzene rings is 2. The van der Waals surface area contributed by atoms with Crippen molar-refractivity contribution in [1.29, 1.82) is 5.26 Å². The van der Waals surface area contributed by atoms with Crippen LogP contribution in [0.3, 0.4) is 0 Å². The number of nitrogens with one attached hydrogen (secondary N) is 2. The van der Waals surface area contributed by atoms with Crippen molar-refractivity contribution in [3.63, 3.8) is 0 Å². The number of nitrogens with zero attached hydrogens (tertiary/aromatic N) is 3. The standard InChI is InChI=1S/C24H23ClFN5O2/c1-4-33-22-12-20-17(11-21(22)30-23(32)6-5-9-31(2)3)24(15(13-27)14-28-20)29-16-7-8-19(26)18(25)10-16/h5-8,10-12,14H,4,9H2,1-3H3,(H,28,29)(H,30,32)/b6-5+/i1D3,2D3,3D3,4D2,5D,6D,7D,8D,9D2,10D. The fraction of sp³-hybridized carbons (Fsp3) is 0.208. The predicted octanol–water partition coefficient (Wildman–Crippen LogP) is 5.10. The van der Waals surface area contributed by atoms with Crippen molar-refractivity contribution in [3.05, 3.63) is 65.0 Å². The summed E-state index contributed by atoms with van der Waals surface area (Å²) in [6.45, 7) is -18.2. The molecule has 2 aromatic carbocycles. The Kier molecular flexibility index (Phi) is 3.16. The fourth-order valence-corrected chi connectivity index (χ4v) is 2.67. The number of hydrogen-bond acceptors (Lipinski definition) is 6. The average molecular weight is 486 g/mol. The third-order valence-corrected chi connectivity index (χ3v) is 4.08. The predicted molar refractivity (Wildman–Crippen MR) is 129 cm³/mol. The number of pyridine rings is 1. The summed E-state index contributed by atoms with van der Waals surface area (Å²) in [7, 11) is 0. The van der Waals surface area contributed by atoms with E-state index in [4.69, 9.17) is 41.0 Å². The molecule has 0 unspecified atom stereocenters. The van der Waals surface area contributed by atoms with Crippen LogP contribution in [0.1, 0.15) is 37.1 Å². The van der Waals surface area contributed by atoms with Gasteiger partial charge in [-0.05, 0) is 45.0 Å². The molecule has 0 radical (unpaired) electrons. The zero-order chi connectivity index (χ0) is 39.4. The highest BCUT2D eigenvalue weighted by Crippen LogP contribution is 2.36. The average Bonchev–Trinajstić information content (AvgIpc) is 2.98. The molecule has 1 amide bonds. The number of aromatic nitrogens is 1. The van der Waals surface area contributed by atoms with E-state index < -0.39 is 103 Å². The van der Waals surface area contributed by atoms with Crippen LogP contribution in [0.4, 0.5) is 21.5 Å². The second-order valence-electron chi connectivity index (χ2n) is 5.88. The van der Waals surface area contributed by atoms with Crippen LogP contribution in [0.25, 0.3) is 10.9 Å². The lowest BCUT2D eigenvalue weighted by Gasteiger charge is -2.16. The maximum Gasteiger partial charge on any atom is 0.248 e. The topological polar surface area (TPSA) is 90.3 Å². The molecule has 0 aliphatic heterocycles. The van der Waals surface area contributed by atoms with Crippen molar-refractivity contribution in [2.45, 2.75) is 6.85 Å². The van der Waals surface area contributed by atoms with E-state index in [9.17, 15) is 14.4 Å². The second-order valence-corrected chi connectivity index (χ2v) is 6.26. The Morgan fingerprint density at radius 2 is 2.36 bits per heavy atom. The molecule has 3 aromatic rings. The van der Waals surface area contributed by atoms with Crippen LogP contribution in [0.5, 0.6) is 5.75 Å². The fourth-order valence-electron chi connectivity index (χ4n) is 2.53. The van der Waals surface area contributed by atoms with Crippen molar-refractivity contribution >= 4 is 45.5 Å². The van der Waals surface area contributed by atoms with E-state index in [1.807, 2.05) is 5.32 Å². The van der Waals surface area contributed by atoms with Gasteiger partial charge in [-0.3, -0.25) is 9.78 Å². The molecule has 1 aromatic heterocycles. The molecule has 0 saturated heterocycles. The summed E-state index contributed by atoms with van der Waals surface area (Å²) in [6.07, 6.45) is 0.936. The van der Waals surface area contributed by atoms with Crippen molar-refractivity contribution in [2.24, 2.45) is 0 Å². The molecule has 0 spiro atoms. The number of halogens is 2. The second kappa shape index (κ2) is 10.8. The summed E-state index contributed by atoms with van der Waals surface area (Å²) in [5.74, 6) is -3.94. The lowest BCUT2D eigenvalue weighted by atomic mass is 10.1. The maximum atomic E-state index is 14.3. The summed E-state index contributed by atoms with van der Waals surface area (Å²) in [4.78, 5) is 16.6. The minimum atomic E-state index is -3.80. The van der Waals surface area contributed by atoms with Crippen molar-refractivity contribution in [3.8, 4) is 11.8 Å². The van der Waals surface area contributed by atoms with Gasteiger partial charge in [-0.1, -0.05) is 17.7 Å². The van der Waals surface area contributed by atoms with Gasteiger partial charge in [0.25, 0.3) is 0 Å². The molecule has 2 N–H and O–H groups in total. The Labute approximate surface area is 221 Å². The summed E-state index contributed by atoms with van der Waals surface area (Å²) < 4.78 is 159. The van der Waals surface area contributed by atoms with Crippen LogP contribution >= 0.6 is 11.6 Å². The number of rotatable bonds is 8. The van der Waals surface area contributed by atoms with E-state index in [0.717, 1.165) is 18.3 Å². The Balaban J connectivity index is 2.33. The molecule has 1 heterocycles. The molecular formula is C24H23ClFN5O2. The van der Waals surface area contributed by atoms with Gasteiger partial charge in [0.2, 0.25) is 5.91 Å². The monoisotopic (exact) mass is 485 g/mol. The first kappa shape index (κ1) is 9.67. The summed E-state index contributed by atoms with van der Waals surface area (Å²) in [5, 5.41) is 13.2. The van der Waals surface area contributed by atoms with Gasteiger partial charge in [-0.15, -0.1) is 0 Å². The van der Waals surface area contributed by atoms with E-state index >= 15 is 0 Å². The molecule has 0 bridgehead atoms. The van der Waals surface area contributed by atoms with Crippen molar-refractivity contribution < 1.29 is 38.6 Å². The highest BCUT2D eigenvalue weighted by atomic mass is 35.5. The van der Waals surface area contributed by atoms with Crippen LogP contribution < -0.4 is 15.4 Å². The molecule has 3 rings (SSSR count). The van der Waals surface area contributed by atoms with Crippen molar-refractivity contribution in [1.82, 2.24) is 9.88 Å². The van der Waals surface area contributed by atoms with E-state index in [-0.39, 0.29) is 22.2 Å². The van der Waals surface area contributed by atoms with E-state index in [1.165, 1.54) is 0 Å². The SMILES string of the molecule is [2H]/C(C(=O)Nc1cc2c(Nc3c([2H])c([2H])c(F)c(Cl)c3[2H])c(C#N)cnc2cc1OC([2H])([2H])C([2H])([2H])[2H])=C(/[2H])C([2H])([2H])N(C([2H])([2H])[2H])C([2H])([2H])[2H]. The molecule has 9 heteroatoms. The Morgan fingerprint density at radius 1 is 1.52 bits per heavy atom. The quantitative estimate of drug-likeness (QED) is 0.431. The Bertz CT molecular complexity index is 1930. The van der Waals surface area contributed by atoms with E-state index in [1.54, 1.807) is 6.07 Å². The minimum absolute atomic E-state index is 0.242. The van der Waals surface area contributed by atoms with E-state index in [0.29, 0.717) is 0 Å². The molecule has 7 nitrogen and oxygen atoms in total. The molecule has 0 atom stereocenters. The summed E-state index contributed by atoms with van der Waals surface area (Å²) in [5.41, 5.74) is -2.23. The molecule has 0 aliphatic rings. The third kappa shape index (κ3) is 5.98. The van der Waals surface area contributed by atoms with Crippen LogP contribution in [0.15, 0.2) is 48.6 Å². The zero-order valence-corrected chi connectivity index (χ0v) is 16.9. The number of anilines is 3. The van der Waals surface area contributed by atoms with E-state index in [2.05, 4.69) is 10.3 Å². The Morgan fingerprint density at radius 3 is 3.12 bits per heavy atom. The number of hydrogen-bond donors (Lipinski definition) is 2. The molecule has 0 aliphatic carbocycles. The molecule has 170 valence electrons. The van der Waals surface area contributed by atoms with Gasteiger partial charge in [-0.25, -0.2) is 4.39 Å². The van der Waals surface area contributed by atoms with Crippen LogP contribution in [0, 0.1) is 17.1 Å². The minimum Gasteiger partial charge on any atom is -0.492 e. The summed E-state index contributed by atoms with van der Waals surface area (Å²) >= 11 is 5.82. The smallest absolute Gasteiger partial charge is 0.248 e. The Hall–Kier alpha value is -3.67. The number of amides is 1. The molecular weight excluding hydrogens is 445 g/mol. The highest BCUT2D eigenvalue weighted by molar-refractivity contribution is 6.31. The largest absolute Gasteiger partial charge is 0.492 e. The van der Waals surface area contributed by atoms with Gasteiger partial charge in [0, 0.05) is 51.0 Å². The first-order valence-electron chi connectivity index (χ1n) is 17.6. The van der Waals surface area contributed by atoms with Gasteiger partial charge in [0.1, 0.15) is 17.6 Å². The van der Waals surface area contributed by atoms with Crippen LogP contribution in [0.2, 0.25) is 5.02 Å². The highest BCUT2D eigenvalue weighted by Gasteiger charge is 2.15. The lowest BCUT2D eigenvalue weighted by Crippen LogP contribution is -2.13. The molecule has 0 saturated carbocycles. The van der Waals surface area contributed by atoms with Crippen LogP contribution in [-0.4, -0.2) is 42.8 Å². The van der Waals surface area contributed by atoms with Gasteiger partial charge in [0.15, 0.2) is 0 Å². The van der Waals surface area contributed by atoms with Gasteiger partial charge in [-0.2, -0.15) is 5.26 Å². The van der Waals surface area contributed by atoms with Gasteiger partial charge >= 0.3 is 0 Å². The number of carbonyl (C=O) groups is 1. The first-order chi connectivity index (χ1) is 23.0. The zero-order valence-electron chi connectivity index (χ0n) is 34.1. The van der Waals surface area contributed by atoms with Gasteiger partial charge in [0.05, 0.1) is 43.6 Å². The van der Waals surface area contributed by atoms with Crippen LogP contribution in [-0.2, 0) is 4.79 Å². The maximum absolute atomic E-state index is 14.3. The number of likely N-dealkylation sites (N-methyl/N-ethyl adjacent to an activating group) is 1. The normalized spacial score (nSPS) is 21.6. The first-order valence-corrected chi connectivity index (χ1v) is 8.94. The number of nitriles is 1. The number of carbonyl (C=O) groups excluding carboxylic acids is 1. The molecule has 33 heavy (non-hydrogen) atoms. The van der Waals surface area contributed by atoms with Crippen molar-refractivity contribution in [2.75, 3.05) is 37.6 Å².